The van der Waals surface area contributed by atoms with Gasteiger partial charge in [0.1, 0.15) is 18.5 Å². The Bertz CT molecular complexity index is 594. The van der Waals surface area contributed by atoms with Gasteiger partial charge in [-0.2, -0.15) is 0 Å². The van der Waals surface area contributed by atoms with Crippen LogP contribution in [-0.4, -0.2) is 84.4 Å². The lowest BCUT2D eigenvalue weighted by Crippen LogP contribution is -2.47. The molecule has 3 aliphatic rings. The Balaban J connectivity index is 1.21. The second-order valence-electron chi connectivity index (χ2n) is 8.82. The van der Waals surface area contributed by atoms with Gasteiger partial charge in [0.2, 0.25) is 0 Å². The summed E-state index contributed by atoms with van der Waals surface area (Å²) in [7, 11) is 2.15. The number of nitrogens with zero attached hydrogens (tertiary/aromatic N) is 3. The molecule has 1 saturated carbocycles. The number of likely N-dealkylation sites (tertiary alicyclic amines) is 1. The Morgan fingerprint density at radius 1 is 1.00 bits per heavy atom. The summed E-state index contributed by atoms with van der Waals surface area (Å²) in [5, 5.41) is 10.3. The van der Waals surface area contributed by atoms with Crippen LogP contribution in [0.5, 0.6) is 5.75 Å². The first-order chi connectivity index (χ1) is 13.1. The van der Waals surface area contributed by atoms with Crippen LogP contribution >= 0.6 is 0 Å². The van der Waals surface area contributed by atoms with Crippen LogP contribution in [0.1, 0.15) is 37.7 Å². The molecule has 0 bridgehead atoms. The Morgan fingerprint density at radius 3 is 2.44 bits per heavy atom. The highest BCUT2D eigenvalue weighted by Gasteiger charge is 2.48. The van der Waals surface area contributed by atoms with Crippen molar-refractivity contribution < 1.29 is 9.84 Å². The molecule has 150 valence electrons. The normalized spacial score (nSPS) is 24.8. The molecule has 1 aromatic rings. The van der Waals surface area contributed by atoms with Crippen molar-refractivity contribution in [1.82, 2.24) is 14.7 Å². The van der Waals surface area contributed by atoms with Crippen LogP contribution in [0, 0.1) is 0 Å². The van der Waals surface area contributed by atoms with Gasteiger partial charge in [-0.25, -0.2) is 0 Å². The average Bonchev–Trinajstić information content (AvgIpc) is 3.45. The van der Waals surface area contributed by atoms with E-state index in [9.17, 15) is 5.11 Å². The summed E-state index contributed by atoms with van der Waals surface area (Å²) in [5.74, 6) is 0.857. The van der Waals surface area contributed by atoms with E-state index in [0.717, 1.165) is 38.5 Å². The zero-order valence-corrected chi connectivity index (χ0v) is 16.8. The fraction of sp³-hybridized carbons (Fsp3) is 0.727. The van der Waals surface area contributed by atoms with Crippen molar-refractivity contribution >= 4 is 0 Å². The maximum atomic E-state index is 10.3. The molecule has 4 rings (SSSR count). The standard InChI is InChI=1S/C22H35N3O2/c1-23-12-14-24(15-13-23)17-20(26)18-27-21-6-4-19(5-7-21)16-25-11-3-2-8-22(25)9-10-22/h4-7,20,26H,2-3,8-18H2,1H3/t20-/m0/s1. The topological polar surface area (TPSA) is 39.2 Å². The summed E-state index contributed by atoms with van der Waals surface area (Å²) in [4.78, 5) is 7.35. The van der Waals surface area contributed by atoms with E-state index in [1.54, 1.807) is 0 Å². The van der Waals surface area contributed by atoms with E-state index in [1.807, 2.05) is 0 Å². The molecule has 1 aromatic carbocycles. The number of β-amino-alcohol motifs (C(OH)–C–C–N with tert-alkyl or cyclic N) is 1. The fourth-order valence-electron chi connectivity index (χ4n) is 4.59. The third-order valence-corrected chi connectivity index (χ3v) is 6.62. The zero-order valence-electron chi connectivity index (χ0n) is 16.8. The summed E-state index contributed by atoms with van der Waals surface area (Å²) in [5.41, 5.74) is 1.91. The van der Waals surface area contributed by atoms with Crippen LogP contribution in [0.15, 0.2) is 24.3 Å². The summed E-state index contributed by atoms with van der Waals surface area (Å²) in [6.07, 6.45) is 6.47. The zero-order chi connectivity index (χ0) is 18.7. The number of hydrogen-bond donors (Lipinski definition) is 1. The first kappa shape index (κ1) is 19.2. The second kappa shape index (κ2) is 8.48. The van der Waals surface area contributed by atoms with Crippen molar-refractivity contribution in [3.05, 3.63) is 29.8 Å². The van der Waals surface area contributed by atoms with Gasteiger partial charge in [-0.15, -0.1) is 0 Å². The molecule has 1 aliphatic carbocycles. The SMILES string of the molecule is CN1CCN(C[C@H](O)COc2ccc(CN3CCCCC34CC4)cc2)CC1. The number of piperazine rings is 1. The predicted octanol–water partition coefficient (Wildman–Crippen LogP) is 2.19. The third kappa shape index (κ3) is 5.02. The van der Waals surface area contributed by atoms with Crippen molar-refractivity contribution in [2.24, 2.45) is 0 Å². The number of ether oxygens (including phenoxy) is 1. The highest BCUT2D eigenvalue weighted by molar-refractivity contribution is 5.27. The van der Waals surface area contributed by atoms with Gasteiger partial charge in [0.15, 0.2) is 0 Å². The lowest BCUT2D eigenvalue weighted by atomic mass is 9.99. The Hall–Kier alpha value is -1.14. The van der Waals surface area contributed by atoms with E-state index in [-0.39, 0.29) is 0 Å². The minimum absolute atomic E-state index is 0.362. The number of likely N-dealkylation sites (N-methyl/N-ethyl adjacent to an activating group) is 1. The van der Waals surface area contributed by atoms with E-state index in [2.05, 4.69) is 46.0 Å². The molecule has 0 unspecified atom stereocenters. The molecule has 5 heteroatoms. The molecular weight excluding hydrogens is 338 g/mol. The lowest BCUT2D eigenvalue weighted by Gasteiger charge is -2.36. The van der Waals surface area contributed by atoms with Gasteiger partial charge in [-0.05, 0) is 57.0 Å². The van der Waals surface area contributed by atoms with Crippen LogP contribution in [0.3, 0.4) is 0 Å². The summed E-state index contributed by atoms with van der Waals surface area (Å²) >= 11 is 0. The van der Waals surface area contributed by atoms with Gasteiger partial charge in [-0.1, -0.05) is 18.6 Å². The Labute approximate surface area is 163 Å². The predicted molar refractivity (Wildman–Crippen MR) is 108 cm³/mol. The molecule has 0 amide bonds. The van der Waals surface area contributed by atoms with Gasteiger partial charge in [0.25, 0.3) is 0 Å². The number of piperidine rings is 1. The lowest BCUT2D eigenvalue weighted by molar-refractivity contribution is 0.0504. The summed E-state index contributed by atoms with van der Waals surface area (Å²) in [6, 6.07) is 8.49. The molecule has 0 aromatic heterocycles. The molecule has 1 spiro atoms. The highest BCUT2D eigenvalue weighted by atomic mass is 16.5. The van der Waals surface area contributed by atoms with Gasteiger partial charge in [0.05, 0.1) is 0 Å². The molecule has 2 heterocycles. The van der Waals surface area contributed by atoms with E-state index in [0.29, 0.717) is 18.7 Å². The van der Waals surface area contributed by atoms with Crippen LogP contribution in [0.4, 0.5) is 0 Å². The van der Waals surface area contributed by atoms with E-state index in [4.69, 9.17) is 4.74 Å². The highest BCUT2D eigenvalue weighted by Crippen LogP contribution is 2.48. The Morgan fingerprint density at radius 2 is 1.74 bits per heavy atom. The van der Waals surface area contributed by atoms with Crippen LogP contribution in [-0.2, 0) is 6.54 Å². The quantitative estimate of drug-likeness (QED) is 0.793. The van der Waals surface area contributed by atoms with Gasteiger partial charge >= 0.3 is 0 Å². The van der Waals surface area contributed by atoms with Crippen molar-refractivity contribution in [2.75, 3.05) is 52.9 Å². The van der Waals surface area contributed by atoms with Gasteiger partial charge < -0.3 is 14.7 Å². The molecular formula is C22H35N3O2. The molecule has 2 saturated heterocycles. The first-order valence-electron chi connectivity index (χ1n) is 10.7. The molecule has 5 nitrogen and oxygen atoms in total. The molecule has 1 atom stereocenters. The molecule has 2 aliphatic heterocycles. The maximum Gasteiger partial charge on any atom is 0.119 e. The minimum Gasteiger partial charge on any atom is -0.491 e. The number of hydrogen-bond acceptors (Lipinski definition) is 5. The minimum atomic E-state index is -0.434. The first-order valence-corrected chi connectivity index (χ1v) is 10.7. The third-order valence-electron chi connectivity index (χ3n) is 6.62. The van der Waals surface area contributed by atoms with Crippen molar-refractivity contribution in [1.29, 1.82) is 0 Å². The van der Waals surface area contributed by atoms with Crippen LogP contribution < -0.4 is 4.74 Å². The molecule has 0 radical (unpaired) electrons. The Kier molecular flexibility index (Phi) is 6.02. The van der Waals surface area contributed by atoms with E-state index in [1.165, 1.54) is 44.2 Å². The fourth-order valence-corrected chi connectivity index (χ4v) is 4.59. The number of aliphatic hydroxyl groups excluding tert-OH is 1. The summed E-state index contributed by atoms with van der Waals surface area (Å²) < 4.78 is 5.83. The van der Waals surface area contributed by atoms with Crippen molar-refractivity contribution in [2.45, 2.75) is 50.3 Å². The maximum absolute atomic E-state index is 10.3. The molecule has 27 heavy (non-hydrogen) atoms. The number of benzene rings is 1. The number of rotatable bonds is 7. The van der Waals surface area contributed by atoms with Crippen molar-refractivity contribution in [3.8, 4) is 5.75 Å². The number of aliphatic hydroxyl groups is 1. The molecule has 1 N–H and O–H groups in total. The smallest absolute Gasteiger partial charge is 0.119 e. The van der Waals surface area contributed by atoms with Crippen LogP contribution in [0.25, 0.3) is 0 Å². The summed E-state index contributed by atoms with van der Waals surface area (Å²) in [6.45, 7) is 7.58. The average molecular weight is 374 g/mol. The van der Waals surface area contributed by atoms with E-state index >= 15 is 0 Å². The van der Waals surface area contributed by atoms with E-state index < -0.39 is 6.10 Å². The molecule has 3 fully saturated rings. The second-order valence-corrected chi connectivity index (χ2v) is 8.82. The monoisotopic (exact) mass is 373 g/mol. The van der Waals surface area contributed by atoms with Gasteiger partial charge in [0, 0.05) is 44.8 Å². The van der Waals surface area contributed by atoms with Gasteiger partial charge in [-0.3, -0.25) is 9.80 Å². The van der Waals surface area contributed by atoms with Crippen LogP contribution in [0.2, 0.25) is 0 Å². The largest absolute Gasteiger partial charge is 0.491 e. The van der Waals surface area contributed by atoms with Crippen molar-refractivity contribution in [3.63, 3.8) is 0 Å².